The van der Waals surface area contributed by atoms with Crippen molar-refractivity contribution in [2.45, 2.75) is 19.8 Å². The molecule has 18 heavy (non-hydrogen) atoms. The summed E-state index contributed by atoms with van der Waals surface area (Å²) in [6.07, 6.45) is 1.22. The van der Waals surface area contributed by atoms with Gasteiger partial charge in [0.15, 0.2) is 0 Å². The van der Waals surface area contributed by atoms with E-state index in [-0.39, 0.29) is 17.7 Å². The molecule has 2 amide bonds. The highest BCUT2D eigenvalue weighted by molar-refractivity contribution is 6.00. The van der Waals surface area contributed by atoms with E-state index in [1.165, 1.54) is 0 Å². The number of amides is 2. The molecule has 1 N–H and O–H groups in total. The first-order valence-electron chi connectivity index (χ1n) is 6.35. The van der Waals surface area contributed by atoms with Gasteiger partial charge in [-0.25, -0.2) is 0 Å². The fraction of sp³-hybridized carbons (Fsp3) is 0.429. The third-order valence-corrected chi connectivity index (χ3v) is 3.11. The van der Waals surface area contributed by atoms with Crippen molar-refractivity contribution in [3.63, 3.8) is 0 Å². The SMILES string of the molecule is CCCNC(=O)[C@H]1CC(=O)N(c2ccccc2)C1. The third-order valence-electron chi connectivity index (χ3n) is 3.11. The average molecular weight is 246 g/mol. The molecule has 1 saturated heterocycles. The highest BCUT2D eigenvalue weighted by Gasteiger charge is 2.34. The molecule has 0 spiro atoms. The van der Waals surface area contributed by atoms with Crippen LogP contribution in [0.1, 0.15) is 19.8 Å². The predicted octanol–water partition coefficient (Wildman–Crippen LogP) is 1.57. The Hall–Kier alpha value is -1.84. The molecule has 0 bridgehead atoms. The summed E-state index contributed by atoms with van der Waals surface area (Å²) in [5, 5.41) is 2.85. The number of para-hydroxylation sites is 1. The van der Waals surface area contributed by atoms with Crippen LogP contribution in [0.2, 0.25) is 0 Å². The van der Waals surface area contributed by atoms with Gasteiger partial charge >= 0.3 is 0 Å². The maximum atomic E-state index is 11.9. The minimum Gasteiger partial charge on any atom is -0.356 e. The van der Waals surface area contributed by atoms with Gasteiger partial charge < -0.3 is 10.2 Å². The van der Waals surface area contributed by atoms with Gasteiger partial charge in [-0.2, -0.15) is 0 Å². The first kappa shape index (κ1) is 12.6. The number of benzene rings is 1. The van der Waals surface area contributed by atoms with Crippen molar-refractivity contribution in [3.8, 4) is 0 Å². The summed E-state index contributed by atoms with van der Waals surface area (Å²) in [5.74, 6) is -0.203. The van der Waals surface area contributed by atoms with Crippen molar-refractivity contribution >= 4 is 17.5 Å². The molecule has 1 atom stereocenters. The molecule has 1 aromatic rings. The molecule has 0 unspecified atom stereocenters. The molecule has 96 valence electrons. The monoisotopic (exact) mass is 246 g/mol. The van der Waals surface area contributed by atoms with Gasteiger partial charge in [0.1, 0.15) is 0 Å². The van der Waals surface area contributed by atoms with E-state index in [4.69, 9.17) is 0 Å². The molecular formula is C14H18N2O2. The van der Waals surface area contributed by atoms with Gasteiger partial charge in [-0.1, -0.05) is 25.1 Å². The lowest BCUT2D eigenvalue weighted by molar-refractivity contribution is -0.126. The average Bonchev–Trinajstić information content (AvgIpc) is 2.79. The second-order valence-electron chi connectivity index (χ2n) is 4.53. The normalized spacial score (nSPS) is 19.1. The van der Waals surface area contributed by atoms with Gasteiger partial charge in [-0.3, -0.25) is 9.59 Å². The summed E-state index contributed by atoms with van der Waals surface area (Å²) in [4.78, 5) is 25.4. The zero-order valence-electron chi connectivity index (χ0n) is 10.6. The van der Waals surface area contributed by atoms with Crippen LogP contribution in [-0.2, 0) is 9.59 Å². The Morgan fingerprint density at radius 3 is 2.78 bits per heavy atom. The van der Waals surface area contributed by atoms with Crippen LogP contribution in [0.4, 0.5) is 5.69 Å². The second-order valence-corrected chi connectivity index (χ2v) is 4.53. The summed E-state index contributed by atoms with van der Waals surface area (Å²) in [7, 11) is 0. The zero-order valence-corrected chi connectivity index (χ0v) is 10.6. The molecule has 1 aliphatic heterocycles. The summed E-state index contributed by atoms with van der Waals surface area (Å²) in [5.41, 5.74) is 0.869. The molecule has 0 aromatic heterocycles. The molecule has 1 fully saturated rings. The standard InChI is InChI=1S/C14H18N2O2/c1-2-8-15-14(18)11-9-13(17)16(10-11)12-6-4-3-5-7-12/h3-7,11H,2,8-10H2,1H3,(H,15,18)/t11-/m0/s1. The van der Waals surface area contributed by atoms with E-state index in [0.29, 0.717) is 19.5 Å². The van der Waals surface area contributed by atoms with E-state index < -0.39 is 0 Å². The van der Waals surface area contributed by atoms with Crippen LogP contribution >= 0.6 is 0 Å². The summed E-state index contributed by atoms with van der Waals surface area (Å²) >= 11 is 0. The summed E-state index contributed by atoms with van der Waals surface area (Å²) in [6, 6.07) is 9.49. The predicted molar refractivity (Wildman–Crippen MR) is 70.2 cm³/mol. The molecule has 0 aliphatic carbocycles. The van der Waals surface area contributed by atoms with E-state index in [1.54, 1.807) is 4.90 Å². The fourth-order valence-electron chi connectivity index (χ4n) is 2.13. The number of carbonyl (C=O) groups is 2. The molecule has 4 heteroatoms. The zero-order chi connectivity index (χ0) is 13.0. The number of nitrogens with zero attached hydrogens (tertiary/aromatic N) is 1. The molecule has 0 radical (unpaired) electrons. The molecule has 1 aromatic carbocycles. The lowest BCUT2D eigenvalue weighted by Gasteiger charge is -2.16. The topological polar surface area (TPSA) is 49.4 Å². The van der Waals surface area contributed by atoms with Crippen LogP contribution in [0, 0.1) is 5.92 Å². The van der Waals surface area contributed by atoms with Gasteiger partial charge in [0.2, 0.25) is 11.8 Å². The molecule has 1 aliphatic rings. The summed E-state index contributed by atoms with van der Waals surface area (Å²) in [6.45, 7) is 3.17. The second kappa shape index (κ2) is 5.67. The first-order valence-corrected chi connectivity index (χ1v) is 6.35. The van der Waals surface area contributed by atoms with Crippen LogP contribution in [-0.4, -0.2) is 24.9 Å². The number of carbonyl (C=O) groups excluding carboxylic acids is 2. The molecule has 0 saturated carbocycles. The largest absolute Gasteiger partial charge is 0.356 e. The van der Waals surface area contributed by atoms with Crippen LogP contribution < -0.4 is 10.2 Å². The first-order chi connectivity index (χ1) is 8.72. The lowest BCUT2D eigenvalue weighted by Crippen LogP contribution is -2.33. The molecular weight excluding hydrogens is 228 g/mol. The minimum atomic E-state index is -0.218. The van der Waals surface area contributed by atoms with Crippen molar-refractivity contribution < 1.29 is 9.59 Å². The van der Waals surface area contributed by atoms with E-state index in [9.17, 15) is 9.59 Å². The molecule has 1 heterocycles. The number of rotatable bonds is 4. The van der Waals surface area contributed by atoms with Gasteiger partial charge in [0.25, 0.3) is 0 Å². The van der Waals surface area contributed by atoms with Crippen LogP contribution in [0.15, 0.2) is 30.3 Å². The van der Waals surface area contributed by atoms with E-state index in [2.05, 4.69) is 5.32 Å². The fourth-order valence-corrected chi connectivity index (χ4v) is 2.13. The highest BCUT2D eigenvalue weighted by Crippen LogP contribution is 2.24. The molecule has 4 nitrogen and oxygen atoms in total. The number of hydrogen-bond donors (Lipinski definition) is 1. The minimum absolute atomic E-state index is 0.0105. The number of anilines is 1. The lowest BCUT2D eigenvalue weighted by atomic mass is 10.1. The van der Waals surface area contributed by atoms with Crippen LogP contribution in [0.3, 0.4) is 0 Å². The highest BCUT2D eigenvalue weighted by atomic mass is 16.2. The van der Waals surface area contributed by atoms with Crippen LogP contribution in [0.25, 0.3) is 0 Å². The molecule has 2 rings (SSSR count). The van der Waals surface area contributed by atoms with Crippen molar-refractivity contribution in [1.29, 1.82) is 0 Å². The Balaban J connectivity index is 2.01. The maximum Gasteiger partial charge on any atom is 0.227 e. The summed E-state index contributed by atoms with van der Waals surface area (Å²) < 4.78 is 0. The Kier molecular flexibility index (Phi) is 3.97. The van der Waals surface area contributed by atoms with Crippen molar-refractivity contribution in [3.05, 3.63) is 30.3 Å². The van der Waals surface area contributed by atoms with Gasteiger partial charge in [-0.05, 0) is 18.6 Å². The number of hydrogen-bond acceptors (Lipinski definition) is 2. The van der Waals surface area contributed by atoms with E-state index in [1.807, 2.05) is 37.3 Å². The van der Waals surface area contributed by atoms with Gasteiger partial charge in [0, 0.05) is 25.2 Å². The Morgan fingerprint density at radius 1 is 1.39 bits per heavy atom. The van der Waals surface area contributed by atoms with E-state index >= 15 is 0 Å². The maximum absolute atomic E-state index is 11.9. The Bertz CT molecular complexity index is 431. The third kappa shape index (κ3) is 2.70. The van der Waals surface area contributed by atoms with Crippen molar-refractivity contribution in [2.24, 2.45) is 5.92 Å². The van der Waals surface area contributed by atoms with Crippen molar-refractivity contribution in [1.82, 2.24) is 5.32 Å². The quantitative estimate of drug-likeness (QED) is 0.876. The van der Waals surface area contributed by atoms with Crippen LogP contribution in [0.5, 0.6) is 0 Å². The Morgan fingerprint density at radius 2 is 2.11 bits per heavy atom. The number of nitrogens with one attached hydrogen (secondary N) is 1. The van der Waals surface area contributed by atoms with E-state index in [0.717, 1.165) is 12.1 Å². The smallest absolute Gasteiger partial charge is 0.227 e. The van der Waals surface area contributed by atoms with Gasteiger partial charge in [-0.15, -0.1) is 0 Å². The Labute approximate surface area is 107 Å². The van der Waals surface area contributed by atoms with Crippen molar-refractivity contribution in [2.75, 3.05) is 18.0 Å². The van der Waals surface area contributed by atoms with Gasteiger partial charge in [0.05, 0.1) is 5.92 Å².